The SMILES string of the molecule is Cc1cc(=O)[nH]c(-n2nc(-c3ccco3)cc2NC(=O)COc2ccc(Cl)cc2Cl)n1. The first kappa shape index (κ1) is 20.7. The lowest BCUT2D eigenvalue weighted by Gasteiger charge is -2.10. The normalized spacial score (nSPS) is 10.8. The number of aromatic nitrogens is 4. The fourth-order valence-corrected chi connectivity index (χ4v) is 3.22. The van der Waals surface area contributed by atoms with E-state index in [-0.39, 0.29) is 29.0 Å². The second kappa shape index (κ2) is 8.66. The summed E-state index contributed by atoms with van der Waals surface area (Å²) in [5.41, 5.74) is 0.577. The van der Waals surface area contributed by atoms with Crippen molar-refractivity contribution >= 4 is 34.9 Å². The summed E-state index contributed by atoms with van der Waals surface area (Å²) >= 11 is 11.9. The quantitative estimate of drug-likeness (QED) is 0.452. The van der Waals surface area contributed by atoms with Crippen LogP contribution in [0.1, 0.15) is 5.69 Å². The number of amides is 1. The lowest BCUT2D eigenvalue weighted by Crippen LogP contribution is -2.23. The Morgan fingerprint density at radius 3 is 2.81 bits per heavy atom. The van der Waals surface area contributed by atoms with Crippen molar-refractivity contribution in [1.29, 1.82) is 0 Å². The molecule has 3 aromatic heterocycles. The maximum Gasteiger partial charge on any atom is 0.263 e. The molecule has 0 saturated heterocycles. The van der Waals surface area contributed by atoms with Crippen molar-refractivity contribution in [2.45, 2.75) is 6.92 Å². The molecule has 11 heteroatoms. The number of H-pyrrole nitrogens is 1. The number of rotatable bonds is 6. The van der Waals surface area contributed by atoms with Gasteiger partial charge in [-0.1, -0.05) is 23.2 Å². The van der Waals surface area contributed by atoms with E-state index in [0.717, 1.165) is 0 Å². The lowest BCUT2D eigenvalue weighted by molar-refractivity contribution is -0.118. The van der Waals surface area contributed by atoms with Gasteiger partial charge in [0.1, 0.15) is 17.3 Å². The molecule has 0 aliphatic carbocycles. The summed E-state index contributed by atoms with van der Waals surface area (Å²) in [7, 11) is 0. The maximum atomic E-state index is 12.5. The Hall–Kier alpha value is -3.56. The number of nitrogens with one attached hydrogen (secondary N) is 2. The average molecular weight is 460 g/mol. The molecule has 0 atom stereocenters. The molecule has 0 unspecified atom stereocenters. The van der Waals surface area contributed by atoms with Crippen LogP contribution in [0.25, 0.3) is 17.4 Å². The van der Waals surface area contributed by atoms with Crippen LogP contribution in [0.2, 0.25) is 10.0 Å². The number of hydrogen-bond donors (Lipinski definition) is 2. The monoisotopic (exact) mass is 459 g/mol. The molecule has 3 heterocycles. The summed E-state index contributed by atoms with van der Waals surface area (Å²) in [6.45, 7) is 1.36. The van der Waals surface area contributed by atoms with Crippen molar-refractivity contribution in [1.82, 2.24) is 19.7 Å². The molecule has 9 nitrogen and oxygen atoms in total. The van der Waals surface area contributed by atoms with Gasteiger partial charge >= 0.3 is 0 Å². The van der Waals surface area contributed by atoms with Crippen LogP contribution in [0, 0.1) is 6.92 Å². The highest BCUT2D eigenvalue weighted by Crippen LogP contribution is 2.28. The van der Waals surface area contributed by atoms with E-state index < -0.39 is 5.91 Å². The highest BCUT2D eigenvalue weighted by molar-refractivity contribution is 6.35. The fraction of sp³-hybridized carbons (Fsp3) is 0.100. The molecule has 158 valence electrons. The number of anilines is 1. The molecule has 0 aliphatic rings. The van der Waals surface area contributed by atoms with Crippen molar-refractivity contribution in [2.75, 3.05) is 11.9 Å². The fourth-order valence-electron chi connectivity index (χ4n) is 2.75. The Morgan fingerprint density at radius 2 is 2.10 bits per heavy atom. The van der Waals surface area contributed by atoms with Crippen LogP contribution < -0.4 is 15.6 Å². The van der Waals surface area contributed by atoms with Crippen LogP contribution in [0.4, 0.5) is 5.82 Å². The van der Waals surface area contributed by atoms with E-state index >= 15 is 0 Å². The van der Waals surface area contributed by atoms with Crippen molar-refractivity contribution in [2.24, 2.45) is 0 Å². The van der Waals surface area contributed by atoms with Crippen LogP contribution in [-0.4, -0.2) is 32.3 Å². The topological polar surface area (TPSA) is 115 Å². The van der Waals surface area contributed by atoms with E-state index in [2.05, 4.69) is 20.4 Å². The number of furan rings is 1. The summed E-state index contributed by atoms with van der Waals surface area (Å²) in [5, 5.41) is 7.83. The first-order chi connectivity index (χ1) is 14.9. The van der Waals surface area contributed by atoms with Crippen LogP contribution in [0.5, 0.6) is 5.75 Å². The predicted molar refractivity (Wildman–Crippen MR) is 115 cm³/mol. The maximum absolute atomic E-state index is 12.5. The van der Waals surface area contributed by atoms with Gasteiger partial charge in [0.15, 0.2) is 12.4 Å². The van der Waals surface area contributed by atoms with Gasteiger partial charge in [-0.25, -0.2) is 4.98 Å². The largest absolute Gasteiger partial charge is 0.482 e. The van der Waals surface area contributed by atoms with Crippen LogP contribution in [-0.2, 0) is 4.79 Å². The molecule has 1 aromatic carbocycles. The highest BCUT2D eigenvalue weighted by Gasteiger charge is 2.17. The first-order valence-corrected chi connectivity index (χ1v) is 9.74. The molecule has 0 aliphatic heterocycles. The Bertz CT molecular complexity index is 1300. The zero-order valence-electron chi connectivity index (χ0n) is 16.1. The molecule has 2 N–H and O–H groups in total. The van der Waals surface area contributed by atoms with Gasteiger partial charge < -0.3 is 14.5 Å². The second-order valence-corrected chi connectivity index (χ2v) is 7.27. The third-order valence-electron chi connectivity index (χ3n) is 4.06. The molecular formula is C20H15Cl2N5O4. The summed E-state index contributed by atoms with van der Waals surface area (Å²) in [6.07, 6.45) is 1.50. The molecule has 0 radical (unpaired) electrons. The highest BCUT2D eigenvalue weighted by atomic mass is 35.5. The Balaban J connectivity index is 1.60. The van der Waals surface area contributed by atoms with Crippen molar-refractivity contribution in [3.05, 3.63) is 74.8 Å². The number of benzene rings is 1. The Labute approximate surface area is 185 Å². The molecular weight excluding hydrogens is 445 g/mol. The molecule has 4 aromatic rings. The van der Waals surface area contributed by atoms with E-state index in [0.29, 0.717) is 27.9 Å². The summed E-state index contributed by atoms with van der Waals surface area (Å²) in [4.78, 5) is 31.3. The van der Waals surface area contributed by atoms with Crippen molar-refractivity contribution in [3.63, 3.8) is 0 Å². The van der Waals surface area contributed by atoms with E-state index in [1.165, 1.54) is 23.1 Å². The van der Waals surface area contributed by atoms with E-state index in [4.69, 9.17) is 32.4 Å². The number of aryl methyl sites for hydroxylation is 1. The molecule has 0 bridgehead atoms. The number of carbonyl (C=O) groups excluding carboxylic acids is 1. The second-order valence-electron chi connectivity index (χ2n) is 6.43. The van der Waals surface area contributed by atoms with Gasteiger partial charge in [0.2, 0.25) is 5.95 Å². The number of ether oxygens (including phenoxy) is 1. The van der Waals surface area contributed by atoms with Crippen LogP contribution >= 0.6 is 23.2 Å². The molecule has 0 spiro atoms. The molecule has 4 rings (SSSR count). The number of carbonyl (C=O) groups is 1. The minimum absolute atomic E-state index is 0.139. The van der Waals surface area contributed by atoms with Gasteiger partial charge in [-0.05, 0) is 37.3 Å². The van der Waals surface area contributed by atoms with Gasteiger partial charge in [-0.15, -0.1) is 0 Å². The number of aromatic amines is 1. The van der Waals surface area contributed by atoms with E-state index in [1.54, 1.807) is 37.3 Å². The zero-order valence-corrected chi connectivity index (χ0v) is 17.6. The van der Waals surface area contributed by atoms with Gasteiger partial charge in [-0.3, -0.25) is 14.6 Å². The van der Waals surface area contributed by atoms with E-state index in [1.807, 2.05) is 0 Å². The molecule has 0 saturated carbocycles. The third-order valence-corrected chi connectivity index (χ3v) is 4.59. The van der Waals surface area contributed by atoms with Gasteiger partial charge in [0.25, 0.3) is 11.5 Å². The van der Waals surface area contributed by atoms with Crippen molar-refractivity contribution in [3.8, 4) is 23.2 Å². The van der Waals surface area contributed by atoms with Gasteiger partial charge in [0, 0.05) is 22.8 Å². The Kier molecular flexibility index (Phi) is 5.79. The summed E-state index contributed by atoms with van der Waals surface area (Å²) in [5.74, 6) is 0.716. The number of halogens is 2. The van der Waals surface area contributed by atoms with Crippen molar-refractivity contribution < 1.29 is 13.9 Å². The molecule has 0 fully saturated rings. The standard InChI is InChI=1S/C20H15Cl2N5O4/c1-11-7-18(28)25-20(23-11)27-17(9-14(26-27)16-3-2-6-30-16)24-19(29)10-31-15-5-4-12(21)8-13(15)22/h2-9H,10H2,1H3,(H,24,29)(H,23,25,28). The first-order valence-electron chi connectivity index (χ1n) is 8.99. The summed E-state index contributed by atoms with van der Waals surface area (Å²) < 4.78 is 12.1. The van der Waals surface area contributed by atoms with Crippen LogP contribution in [0.3, 0.4) is 0 Å². The Morgan fingerprint density at radius 1 is 1.26 bits per heavy atom. The smallest absolute Gasteiger partial charge is 0.263 e. The minimum Gasteiger partial charge on any atom is -0.482 e. The average Bonchev–Trinajstić information content (AvgIpc) is 3.36. The molecule has 1 amide bonds. The lowest BCUT2D eigenvalue weighted by atomic mass is 10.3. The van der Waals surface area contributed by atoms with Crippen LogP contribution in [0.15, 0.2) is 57.9 Å². The zero-order chi connectivity index (χ0) is 22.0. The minimum atomic E-state index is -0.479. The molecule has 31 heavy (non-hydrogen) atoms. The van der Waals surface area contributed by atoms with E-state index in [9.17, 15) is 9.59 Å². The number of nitrogens with zero attached hydrogens (tertiary/aromatic N) is 3. The number of hydrogen-bond acceptors (Lipinski definition) is 6. The third kappa shape index (κ3) is 4.79. The predicted octanol–water partition coefficient (Wildman–Crippen LogP) is 3.85. The van der Waals surface area contributed by atoms with Gasteiger partial charge in [0.05, 0.1) is 11.3 Å². The van der Waals surface area contributed by atoms with Gasteiger partial charge in [-0.2, -0.15) is 9.78 Å². The summed E-state index contributed by atoms with van der Waals surface area (Å²) in [6, 6.07) is 11.1.